The van der Waals surface area contributed by atoms with Crippen molar-refractivity contribution >= 4 is 17.8 Å². The second kappa shape index (κ2) is 8.68. The first-order valence-electron chi connectivity index (χ1n) is 6.72. The van der Waals surface area contributed by atoms with Crippen LogP contribution >= 0.6 is 0 Å². The minimum atomic E-state index is -0.528. The van der Waals surface area contributed by atoms with Crippen molar-refractivity contribution < 1.29 is 14.5 Å². The Morgan fingerprint density at radius 2 is 2.24 bits per heavy atom. The van der Waals surface area contributed by atoms with E-state index in [2.05, 4.69) is 17.5 Å². The van der Waals surface area contributed by atoms with Crippen molar-refractivity contribution in [2.24, 2.45) is 5.10 Å². The van der Waals surface area contributed by atoms with E-state index in [-0.39, 0.29) is 17.3 Å². The zero-order chi connectivity index (χ0) is 15.7. The van der Waals surface area contributed by atoms with Crippen LogP contribution in [0.15, 0.2) is 23.3 Å². The summed E-state index contributed by atoms with van der Waals surface area (Å²) in [4.78, 5) is 21.8. The summed E-state index contributed by atoms with van der Waals surface area (Å²) in [7, 11) is 1.37. The Balaban J connectivity index is 2.62. The number of rotatable bonds is 8. The van der Waals surface area contributed by atoms with Gasteiger partial charge in [0, 0.05) is 18.1 Å². The van der Waals surface area contributed by atoms with Gasteiger partial charge in [-0.1, -0.05) is 19.8 Å². The molecule has 114 valence electrons. The van der Waals surface area contributed by atoms with Gasteiger partial charge in [0.05, 0.1) is 18.2 Å². The lowest BCUT2D eigenvalue weighted by molar-refractivity contribution is -0.385. The number of hydrazone groups is 1. The first kappa shape index (κ1) is 16.6. The molecule has 0 saturated heterocycles. The molecule has 1 rings (SSSR count). The molecule has 0 radical (unpaired) electrons. The van der Waals surface area contributed by atoms with E-state index in [9.17, 15) is 14.9 Å². The van der Waals surface area contributed by atoms with Crippen LogP contribution in [0.3, 0.4) is 0 Å². The first-order chi connectivity index (χ1) is 10.1. The highest BCUT2D eigenvalue weighted by molar-refractivity contribution is 5.83. The lowest BCUT2D eigenvalue weighted by Crippen LogP contribution is -2.16. The number of nitro groups is 1. The summed E-state index contributed by atoms with van der Waals surface area (Å²) in [5, 5.41) is 14.7. The predicted molar refractivity (Wildman–Crippen MR) is 79.5 cm³/mol. The Hall–Kier alpha value is -2.44. The van der Waals surface area contributed by atoms with E-state index in [0.29, 0.717) is 12.0 Å². The molecular formula is C14H19N3O4. The minimum Gasteiger partial charge on any atom is -0.490 e. The Bertz CT molecular complexity index is 529. The van der Waals surface area contributed by atoms with Crippen molar-refractivity contribution in [3.05, 3.63) is 33.9 Å². The Kier molecular flexibility index (Phi) is 6.86. The van der Waals surface area contributed by atoms with E-state index in [1.807, 2.05) is 0 Å². The van der Waals surface area contributed by atoms with Crippen molar-refractivity contribution in [3.63, 3.8) is 0 Å². The van der Waals surface area contributed by atoms with E-state index < -0.39 is 4.92 Å². The van der Waals surface area contributed by atoms with Gasteiger partial charge in [-0.2, -0.15) is 5.10 Å². The molecule has 0 aliphatic rings. The van der Waals surface area contributed by atoms with Crippen LogP contribution in [0.5, 0.6) is 5.75 Å². The van der Waals surface area contributed by atoms with Crippen molar-refractivity contribution in [1.29, 1.82) is 0 Å². The maximum absolute atomic E-state index is 11.4. The highest BCUT2D eigenvalue weighted by Gasteiger charge is 2.14. The summed E-state index contributed by atoms with van der Waals surface area (Å²) in [6, 6.07) is 4.45. The molecule has 0 heterocycles. The second-order valence-corrected chi connectivity index (χ2v) is 4.44. The van der Waals surface area contributed by atoms with E-state index in [4.69, 9.17) is 4.74 Å². The van der Waals surface area contributed by atoms with Gasteiger partial charge in [0.1, 0.15) is 0 Å². The topological polar surface area (TPSA) is 93.8 Å². The number of unbranched alkanes of at least 4 members (excludes halogenated alkanes) is 2. The van der Waals surface area contributed by atoms with Gasteiger partial charge in [0.2, 0.25) is 5.91 Å². The summed E-state index contributed by atoms with van der Waals surface area (Å²) in [6.45, 7) is 2.06. The normalized spacial score (nSPS) is 10.6. The summed E-state index contributed by atoms with van der Waals surface area (Å²) < 4.78 is 4.90. The van der Waals surface area contributed by atoms with Crippen molar-refractivity contribution in [1.82, 2.24) is 5.43 Å². The summed E-state index contributed by atoms with van der Waals surface area (Å²) in [5.41, 5.74) is 2.76. The quantitative estimate of drug-likeness (QED) is 0.345. The number of carbonyl (C=O) groups is 1. The third-order valence-corrected chi connectivity index (χ3v) is 2.81. The highest BCUT2D eigenvalue weighted by atomic mass is 16.6. The molecule has 0 aliphatic heterocycles. The van der Waals surface area contributed by atoms with E-state index in [1.165, 1.54) is 25.5 Å². The van der Waals surface area contributed by atoms with Crippen LogP contribution < -0.4 is 10.2 Å². The number of methoxy groups -OCH3 is 1. The molecule has 0 aromatic heterocycles. The fraction of sp³-hybridized carbons (Fsp3) is 0.429. The Labute approximate surface area is 123 Å². The second-order valence-electron chi connectivity index (χ2n) is 4.44. The number of nitro benzene ring substituents is 1. The number of amides is 1. The van der Waals surface area contributed by atoms with E-state index in [0.717, 1.165) is 19.3 Å². The molecule has 0 fully saturated rings. The van der Waals surface area contributed by atoms with E-state index >= 15 is 0 Å². The van der Waals surface area contributed by atoms with Crippen LogP contribution in [0.1, 0.15) is 38.2 Å². The van der Waals surface area contributed by atoms with Crippen LogP contribution in [0.25, 0.3) is 0 Å². The molecule has 21 heavy (non-hydrogen) atoms. The van der Waals surface area contributed by atoms with Crippen molar-refractivity contribution in [3.8, 4) is 5.75 Å². The molecule has 1 N–H and O–H groups in total. The lowest BCUT2D eigenvalue weighted by atomic mass is 10.2. The highest BCUT2D eigenvalue weighted by Crippen LogP contribution is 2.26. The van der Waals surface area contributed by atoms with Gasteiger partial charge in [-0.3, -0.25) is 14.9 Å². The third-order valence-electron chi connectivity index (χ3n) is 2.81. The third kappa shape index (κ3) is 5.60. The van der Waals surface area contributed by atoms with Gasteiger partial charge in [-0.05, 0) is 18.6 Å². The predicted octanol–water partition coefficient (Wildman–Crippen LogP) is 2.63. The lowest BCUT2D eigenvalue weighted by Gasteiger charge is -2.02. The number of nitrogens with zero attached hydrogens (tertiary/aromatic N) is 2. The smallest absolute Gasteiger partial charge is 0.311 e. The molecular weight excluding hydrogens is 274 g/mol. The zero-order valence-corrected chi connectivity index (χ0v) is 12.2. The Morgan fingerprint density at radius 1 is 1.48 bits per heavy atom. The van der Waals surface area contributed by atoms with Gasteiger partial charge in [0.15, 0.2) is 5.75 Å². The molecule has 0 bridgehead atoms. The van der Waals surface area contributed by atoms with Gasteiger partial charge in [-0.15, -0.1) is 0 Å². The molecule has 1 aromatic rings. The van der Waals surface area contributed by atoms with Crippen LogP contribution in [-0.2, 0) is 4.79 Å². The van der Waals surface area contributed by atoms with Gasteiger partial charge >= 0.3 is 5.69 Å². The fourth-order valence-electron chi connectivity index (χ4n) is 1.70. The molecule has 1 amide bonds. The van der Waals surface area contributed by atoms with Gasteiger partial charge < -0.3 is 4.74 Å². The number of benzene rings is 1. The largest absolute Gasteiger partial charge is 0.490 e. The maximum Gasteiger partial charge on any atom is 0.311 e. The minimum absolute atomic E-state index is 0.143. The standard InChI is InChI=1S/C14H19N3O4/c1-3-4-5-6-14(18)16-15-10-11-7-8-13(21-2)12(9-11)17(19)20/h7-10H,3-6H2,1-2H3,(H,16,18)/b15-10-. The molecule has 7 nitrogen and oxygen atoms in total. The van der Waals surface area contributed by atoms with Crippen LogP contribution in [-0.4, -0.2) is 24.2 Å². The number of ether oxygens (including phenoxy) is 1. The van der Waals surface area contributed by atoms with Gasteiger partial charge in [0.25, 0.3) is 0 Å². The summed E-state index contributed by atoms with van der Waals surface area (Å²) in [6.07, 6.45) is 4.66. The molecule has 0 spiro atoms. The monoisotopic (exact) mass is 293 g/mol. The van der Waals surface area contributed by atoms with Crippen LogP contribution in [0.4, 0.5) is 5.69 Å². The molecule has 0 aliphatic carbocycles. The number of hydrogen-bond acceptors (Lipinski definition) is 5. The summed E-state index contributed by atoms with van der Waals surface area (Å²) in [5.74, 6) is 0.0171. The van der Waals surface area contributed by atoms with Gasteiger partial charge in [-0.25, -0.2) is 5.43 Å². The fourth-order valence-corrected chi connectivity index (χ4v) is 1.70. The average molecular weight is 293 g/mol. The number of carbonyl (C=O) groups excluding carboxylic acids is 1. The maximum atomic E-state index is 11.4. The molecule has 0 unspecified atom stereocenters. The number of hydrogen-bond donors (Lipinski definition) is 1. The average Bonchev–Trinajstić information content (AvgIpc) is 2.47. The van der Waals surface area contributed by atoms with Crippen LogP contribution in [0.2, 0.25) is 0 Å². The summed E-state index contributed by atoms with van der Waals surface area (Å²) >= 11 is 0. The first-order valence-corrected chi connectivity index (χ1v) is 6.72. The van der Waals surface area contributed by atoms with E-state index in [1.54, 1.807) is 6.07 Å². The van der Waals surface area contributed by atoms with Crippen molar-refractivity contribution in [2.75, 3.05) is 7.11 Å². The molecule has 1 aromatic carbocycles. The van der Waals surface area contributed by atoms with Crippen molar-refractivity contribution in [2.45, 2.75) is 32.6 Å². The van der Waals surface area contributed by atoms with Crippen LogP contribution in [0, 0.1) is 10.1 Å². The zero-order valence-electron chi connectivity index (χ0n) is 12.2. The Morgan fingerprint density at radius 3 is 2.86 bits per heavy atom. The number of nitrogens with one attached hydrogen (secondary N) is 1. The molecule has 7 heteroatoms. The molecule has 0 saturated carbocycles. The SMILES string of the molecule is CCCCCC(=O)N/N=C\c1ccc(OC)c([N+](=O)[O-])c1. The molecule has 0 atom stereocenters.